The van der Waals surface area contributed by atoms with Gasteiger partial charge in [-0.15, -0.1) is 0 Å². The van der Waals surface area contributed by atoms with Gasteiger partial charge in [-0.2, -0.15) is 0 Å². The van der Waals surface area contributed by atoms with Crippen LogP contribution in [0.3, 0.4) is 0 Å². The molecule has 6 nitrogen and oxygen atoms in total. The Labute approximate surface area is 378 Å². The number of carbonyl (C=O) groups excluding carboxylic acids is 2. The van der Waals surface area contributed by atoms with Crippen LogP contribution in [0.4, 0.5) is 0 Å². The van der Waals surface area contributed by atoms with Crippen molar-refractivity contribution < 1.29 is 24.5 Å². The van der Waals surface area contributed by atoms with E-state index in [1.54, 1.807) is 0 Å². The molecule has 0 radical (unpaired) electrons. The summed E-state index contributed by atoms with van der Waals surface area (Å²) in [6, 6.07) is -0.710. The van der Waals surface area contributed by atoms with Gasteiger partial charge in [-0.3, -0.25) is 9.59 Å². The third kappa shape index (κ3) is 44.2. The van der Waals surface area contributed by atoms with Crippen molar-refractivity contribution >= 4 is 11.9 Å². The van der Waals surface area contributed by atoms with Gasteiger partial charge in [0.1, 0.15) is 6.10 Å². The quantitative estimate of drug-likeness (QED) is 0.0322. The van der Waals surface area contributed by atoms with Crippen LogP contribution >= 0.6 is 0 Å². The van der Waals surface area contributed by atoms with Gasteiger partial charge in [0.15, 0.2) is 0 Å². The molecule has 1 amide bonds. The van der Waals surface area contributed by atoms with Gasteiger partial charge >= 0.3 is 5.97 Å². The van der Waals surface area contributed by atoms with Crippen molar-refractivity contribution in [2.24, 2.45) is 0 Å². The summed E-state index contributed by atoms with van der Waals surface area (Å²) >= 11 is 0. The van der Waals surface area contributed by atoms with Crippen LogP contribution < -0.4 is 5.32 Å². The van der Waals surface area contributed by atoms with Gasteiger partial charge in [0.05, 0.1) is 25.2 Å². The van der Waals surface area contributed by atoms with Crippen LogP contribution in [0.5, 0.6) is 0 Å². The topological polar surface area (TPSA) is 95.9 Å². The predicted molar refractivity (Wildman–Crippen MR) is 264 cm³/mol. The zero-order chi connectivity index (χ0) is 44.5. The Hall–Kier alpha value is -2.18. The predicted octanol–water partition coefficient (Wildman–Crippen LogP) is 15.8. The number of hydrogen-bond donors (Lipinski definition) is 3. The fraction of sp³-hybridized carbons (Fsp3) is 0.818. The van der Waals surface area contributed by atoms with E-state index < -0.39 is 18.2 Å². The number of amides is 1. The molecule has 0 spiro atoms. The molecule has 0 saturated heterocycles. The van der Waals surface area contributed by atoms with E-state index in [9.17, 15) is 19.8 Å². The second-order valence-corrected chi connectivity index (χ2v) is 17.9. The van der Waals surface area contributed by atoms with Crippen molar-refractivity contribution in [2.75, 3.05) is 6.61 Å². The maximum Gasteiger partial charge on any atom is 0.306 e. The highest BCUT2D eigenvalue weighted by atomic mass is 16.5. The van der Waals surface area contributed by atoms with Gasteiger partial charge in [-0.05, 0) is 64.2 Å². The van der Waals surface area contributed by atoms with Gasteiger partial charge in [0.25, 0.3) is 0 Å². The summed E-state index contributed by atoms with van der Waals surface area (Å²) in [4.78, 5) is 26.1. The Morgan fingerprint density at radius 1 is 0.475 bits per heavy atom. The van der Waals surface area contributed by atoms with E-state index >= 15 is 0 Å². The summed E-state index contributed by atoms with van der Waals surface area (Å²) in [7, 11) is 0. The van der Waals surface area contributed by atoms with Gasteiger partial charge < -0.3 is 20.3 Å². The van der Waals surface area contributed by atoms with Gasteiger partial charge in [0, 0.05) is 6.42 Å². The molecule has 0 aliphatic rings. The van der Waals surface area contributed by atoms with Gasteiger partial charge in [-0.25, -0.2) is 0 Å². The van der Waals surface area contributed by atoms with Crippen LogP contribution in [0, 0.1) is 0 Å². The summed E-state index contributed by atoms with van der Waals surface area (Å²) in [5.74, 6) is -0.533. The smallest absolute Gasteiger partial charge is 0.306 e. The maximum atomic E-state index is 13.2. The average Bonchev–Trinajstić information content (AvgIpc) is 3.25. The van der Waals surface area contributed by atoms with E-state index in [2.05, 4.69) is 74.7 Å². The fourth-order valence-electron chi connectivity index (χ4n) is 7.89. The Morgan fingerprint density at radius 3 is 1.26 bits per heavy atom. The first kappa shape index (κ1) is 58.8. The first-order valence-electron chi connectivity index (χ1n) is 26.4. The molecule has 0 bridgehead atoms. The van der Waals surface area contributed by atoms with E-state index in [0.717, 1.165) is 64.2 Å². The van der Waals surface area contributed by atoms with E-state index in [0.29, 0.717) is 25.7 Å². The van der Waals surface area contributed by atoms with Gasteiger partial charge in [-0.1, -0.05) is 236 Å². The molecule has 0 aliphatic heterocycles. The summed E-state index contributed by atoms with van der Waals surface area (Å²) in [5.41, 5.74) is 0. The molecule has 0 aliphatic carbocycles. The number of aliphatic hydroxyl groups is 2. The van der Waals surface area contributed by atoms with E-state index in [1.807, 2.05) is 0 Å². The molecule has 0 rings (SSSR count). The number of aliphatic hydroxyl groups excluding tert-OH is 2. The third-order valence-corrected chi connectivity index (χ3v) is 11.9. The Morgan fingerprint density at radius 2 is 0.836 bits per heavy atom. The van der Waals surface area contributed by atoms with Crippen LogP contribution in [-0.4, -0.2) is 46.9 Å². The highest BCUT2D eigenvalue weighted by Gasteiger charge is 2.24. The molecule has 61 heavy (non-hydrogen) atoms. The lowest BCUT2D eigenvalue weighted by atomic mass is 10.0. The number of unbranched alkanes of at least 4 members (excludes halogenated alkanes) is 27. The van der Waals surface area contributed by atoms with Crippen molar-refractivity contribution in [2.45, 2.75) is 283 Å². The number of esters is 1. The number of allylic oxidation sites excluding steroid dienone is 8. The van der Waals surface area contributed by atoms with E-state index in [4.69, 9.17) is 4.74 Å². The second kappa shape index (κ2) is 48.8. The molecule has 0 fully saturated rings. The Bertz CT molecular complexity index is 1050. The standard InChI is InChI=1S/C55H101NO5/c1-4-7-10-13-16-19-22-24-26-27-28-30-33-36-39-42-45-48-55(60)61-51(46-43-40-37-34-31-21-18-15-12-9-6-3)49-54(59)56-52(50-57)53(58)47-44-41-38-35-32-29-25-23-20-17-14-11-8-5-2/h16,19,24,26,28,30,36,39,51-53,57-58H,4-15,17-18,20-23,25,27,29,31-35,37-38,40-50H2,1-3H3,(H,56,59)/b19-16-,26-24-,30-28-,39-36-. The molecule has 0 aromatic carbocycles. The second-order valence-electron chi connectivity index (χ2n) is 17.9. The average molecular weight is 856 g/mol. The molecule has 3 unspecified atom stereocenters. The number of carbonyl (C=O) groups is 2. The fourth-order valence-corrected chi connectivity index (χ4v) is 7.89. The maximum absolute atomic E-state index is 13.2. The van der Waals surface area contributed by atoms with Crippen molar-refractivity contribution in [3.8, 4) is 0 Å². The number of ether oxygens (including phenoxy) is 1. The summed E-state index contributed by atoms with van der Waals surface area (Å²) in [6.07, 6.45) is 58.8. The molecular formula is C55H101NO5. The van der Waals surface area contributed by atoms with Crippen LogP contribution in [0.1, 0.15) is 265 Å². The van der Waals surface area contributed by atoms with E-state index in [-0.39, 0.29) is 24.9 Å². The molecule has 6 heteroatoms. The molecule has 0 heterocycles. The largest absolute Gasteiger partial charge is 0.462 e. The van der Waals surface area contributed by atoms with Crippen LogP contribution in [0.25, 0.3) is 0 Å². The van der Waals surface area contributed by atoms with Crippen molar-refractivity contribution in [1.29, 1.82) is 0 Å². The lowest BCUT2D eigenvalue weighted by Gasteiger charge is -2.24. The minimum Gasteiger partial charge on any atom is -0.462 e. The third-order valence-electron chi connectivity index (χ3n) is 11.9. The monoisotopic (exact) mass is 856 g/mol. The first-order chi connectivity index (χ1) is 30.0. The molecule has 0 aromatic rings. The van der Waals surface area contributed by atoms with Gasteiger partial charge in [0.2, 0.25) is 5.91 Å². The minimum atomic E-state index is -0.795. The Balaban J connectivity index is 4.59. The molecule has 3 atom stereocenters. The van der Waals surface area contributed by atoms with Crippen molar-refractivity contribution in [3.05, 3.63) is 48.6 Å². The minimum absolute atomic E-state index is 0.0583. The highest BCUT2D eigenvalue weighted by molar-refractivity contribution is 5.77. The zero-order valence-electron chi connectivity index (χ0n) is 40.5. The molecule has 0 saturated carbocycles. The zero-order valence-corrected chi connectivity index (χ0v) is 40.5. The van der Waals surface area contributed by atoms with Crippen LogP contribution in [-0.2, 0) is 14.3 Å². The number of rotatable bonds is 47. The molecule has 0 aromatic heterocycles. The lowest BCUT2D eigenvalue weighted by molar-refractivity contribution is -0.151. The van der Waals surface area contributed by atoms with Crippen molar-refractivity contribution in [1.82, 2.24) is 5.32 Å². The first-order valence-corrected chi connectivity index (χ1v) is 26.4. The summed E-state index contributed by atoms with van der Waals surface area (Å²) in [6.45, 7) is 6.45. The number of nitrogens with one attached hydrogen (secondary N) is 1. The summed E-state index contributed by atoms with van der Waals surface area (Å²) in [5, 5.41) is 23.8. The van der Waals surface area contributed by atoms with E-state index in [1.165, 1.54) is 148 Å². The van der Waals surface area contributed by atoms with Crippen molar-refractivity contribution in [3.63, 3.8) is 0 Å². The summed E-state index contributed by atoms with van der Waals surface area (Å²) < 4.78 is 5.90. The van der Waals surface area contributed by atoms with Crippen LogP contribution in [0.2, 0.25) is 0 Å². The van der Waals surface area contributed by atoms with Crippen LogP contribution in [0.15, 0.2) is 48.6 Å². The Kier molecular flexibility index (Phi) is 47.1. The molecular weight excluding hydrogens is 755 g/mol. The number of hydrogen-bond acceptors (Lipinski definition) is 5. The molecule has 356 valence electrons. The normalized spacial score (nSPS) is 13.6. The molecule has 3 N–H and O–H groups in total. The SMILES string of the molecule is CCCCC/C=C\C/C=C\C/C=C\C/C=C\CCCC(=O)OC(CCCCCCCCCCCCC)CC(=O)NC(CO)C(O)CCCCCCCCCCCCCCCC. The highest BCUT2D eigenvalue weighted by Crippen LogP contribution is 2.18. The lowest BCUT2D eigenvalue weighted by Crippen LogP contribution is -2.46.